The molecule has 1 aromatic heterocycles. The number of ether oxygens (including phenoxy) is 1. The molecule has 35 heavy (non-hydrogen) atoms. The van der Waals surface area contributed by atoms with Crippen molar-refractivity contribution in [1.29, 1.82) is 0 Å². The van der Waals surface area contributed by atoms with E-state index in [0.717, 1.165) is 47.4 Å². The molecule has 0 saturated carbocycles. The Kier molecular flexibility index (Phi) is 6.18. The van der Waals surface area contributed by atoms with Crippen molar-refractivity contribution >= 4 is 28.2 Å². The molecule has 3 aromatic rings. The number of fused-ring (bicyclic) bond motifs is 3. The fourth-order valence-corrected chi connectivity index (χ4v) is 6.36. The van der Waals surface area contributed by atoms with Gasteiger partial charge in [0.25, 0.3) is 5.91 Å². The van der Waals surface area contributed by atoms with Crippen molar-refractivity contribution in [3.8, 4) is 5.75 Å². The zero-order valence-electron chi connectivity index (χ0n) is 20.7. The number of benzene rings is 2. The molecule has 1 aliphatic carbocycles. The van der Waals surface area contributed by atoms with Gasteiger partial charge in [-0.1, -0.05) is 57.0 Å². The second-order valence-corrected chi connectivity index (χ2v) is 11.5. The smallest absolute Gasteiger partial charge is 0.343 e. The van der Waals surface area contributed by atoms with Crippen molar-refractivity contribution in [2.75, 3.05) is 5.32 Å². The number of hydrogen-bond acceptors (Lipinski definition) is 5. The minimum atomic E-state index is -0.389. The number of carbonyl (C=O) groups is 2. The number of anilines is 1. The molecule has 2 aromatic carbocycles. The van der Waals surface area contributed by atoms with Crippen LogP contribution in [-0.2, 0) is 12.8 Å². The van der Waals surface area contributed by atoms with Crippen LogP contribution < -0.4 is 15.4 Å². The van der Waals surface area contributed by atoms with Crippen molar-refractivity contribution in [1.82, 2.24) is 5.32 Å². The number of aryl methyl sites for hydroxylation is 1. The van der Waals surface area contributed by atoms with Crippen molar-refractivity contribution in [2.24, 2.45) is 11.3 Å². The van der Waals surface area contributed by atoms with Crippen molar-refractivity contribution < 1.29 is 14.3 Å². The summed E-state index contributed by atoms with van der Waals surface area (Å²) in [7, 11) is 0. The normalized spacial score (nSPS) is 19.3. The van der Waals surface area contributed by atoms with Crippen LogP contribution in [-0.4, -0.2) is 11.9 Å². The number of amides is 1. The highest BCUT2D eigenvalue weighted by molar-refractivity contribution is 7.16. The van der Waals surface area contributed by atoms with Gasteiger partial charge in [0.05, 0.1) is 11.1 Å². The Labute approximate surface area is 210 Å². The Morgan fingerprint density at radius 2 is 1.80 bits per heavy atom. The zero-order valence-corrected chi connectivity index (χ0v) is 21.6. The predicted octanol–water partition coefficient (Wildman–Crippen LogP) is 6.67. The molecular weight excluding hydrogens is 456 g/mol. The first-order valence-electron chi connectivity index (χ1n) is 12.4. The van der Waals surface area contributed by atoms with Crippen molar-refractivity contribution in [3.63, 3.8) is 0 Å². The highest BCUT2D eigenvalue weighted by Gasteiger charge is 2.37. The van der Waals surface area contributed by atoms with E-state index < -0.39 is 0 Å². The van der Waals surface area contributed by atoms with E-state index in [1.807, 2.05) is 31.2 Å². The van der Waals surface area contributed by atoms with Crippen LogP contribution in [0.2, 0.25) is 0 Å². The number of thiophene rings is 1. The van der Waals surface area contributed by atoms with E-state index in [9.17, 15) is 9.59 Å². The number of esters is 1. The topological polar surface area (TPSA) is 67.4 Å². The van der Waals surface area contributed by atoms with Gasteiger partial charge in [-0.25, -0.2) is 4.79 Å². The minimum Gasteiger partial charge on any atom is -0.423 e. The Bertz CT molecular complexity index is 1260. The van der Waals surface area contributed by atoms with Gasteiger partial charge in [0.15, 0.2) is 0 Å². The predicted molar refractivity (Wildman–Crippen MR) is 140 cm³/mol. The maximum absolute atomic E-state index is 13.1. The van der Waals surface area contributed by atoms with Crippen LogP contribution in [0.15, 0.2) is 48.5 Å². The van der Waals surface area contributed by atoms with Crippen LogP contribution in [0.3, 0.4) is 0 Å². The van der Waals surface area contributed by atoms with Crippen LogP contribution in [0.25, 0.3) is 0 Å². The highest BCUT2D eigenvalue weighted by atomic mass is 32.1. The van der Waals surface area contributed by atoms with Gasteiger partial charge in [-0.05, 0) is 72.9 Å². The molecule has 5 rings (SSSR count). The van der Waals surface area contributed by atoms with E-state index in [1.165, 1.54) is 10.4 Å². The third-order valence-electron chi connectivity index (χ3n) is 7.77. The monoisotopic (exact) mass is 488 g/mol. The lowest BCUT2D eigenvalue weighted by atomic mass is 9.69. The Morgan fingerprint density at radius 3 is 2.49 bits per heavy atom. The van der Waals surface area contributed by atoms with Crippen LogP contribution in [0, 0.1) is 18.3 Å². The Hall–Kier alpha value is -3.12. The standard InChI is InChI=1S/C29H32N2O3S/c1-5-29(3,4)20-12-15-22-23(16-20)35-27-24(22)26(32)30-25(31-27)18-10-13-21(14-11-18)34-28(33)19-8-6-17(2)7-9-19/h6-11,13-14,20,25,31H,5,12,15-16H2,1-4H3,(H,30,32)/t20-,25+/m1/s1. The summed E-state index contributed by atoms with van der Waals surface area (Å²) in [5, 5.41) is 7.62. The summed E-state index contributed by atoms with van der Waals surface area (Å²) in [6.45, 7) is 8.96. The average Bonchev–Trinajstić information content (AvgIpc) is 3.23. The molecule has 2 atom stereocenters. The third kappa shape index (κ3) is 4.59. The van der Waals surface area contributed by atoms with Gasteiger partial charge in [-0.2, -0.15) is 0 Å². The molecule has 2 N–H and O–H groups in total. The van der Waals surface area contributed by atoms with Crippen molar-refractivity contribution in [3.05, 3.63) is 81.2 Å². The molecule has 0 spiro atoms. The summed E-state index contributed by atoms with van der Waals surface area (Å²) in [5.41, 5.74) is 4.89. The summed E-state index contributed by atoms with van der Waals surface area (Å²) in [5.74, 6) is 0.719. The first-order valence-corrected chi connectivity index (χ1v) is 13.2. The average molecular weight is 489 g/mol. The second-order valence-electron chi connectivity index (χ2n) is 10.4. The molecule has 0 bridgehead atoms. The molecule has 0 unspecified atom stereocenters. The number of nitrogens with one attached hydrogen (secondary N) is 2. The minimum absolute atomic E-state index is 0.00988. The van der Waals surface area contributed by atoms with E-state index >= 15 is 0 Å². The van der Waals surface area contributed by atoms with E-state index in [-0.39, 0.29) is 18.0 Å². The molecule has 1 amide bonds. The first-order chi connectivity index (χ1) is 16.7. The van der Waals surface area contributed by atoms with Crippen LogP contribution in [0.5, 0.6) is 5.75 Å². The second kappa shape index (κ2) is 9.15. The summed E-state index contributed by atoms with van der Waals surface area (Å²) in [6, 6.07) is 14.6. The molecule has 1 aliphatic heterocycles. The van der Waals surface area contributed by atoms with Gasteiger partial charge in [0.2, 0.25) is 0 Å². The van der Waals surface area contributed by atoms with Gasteiger partial charge in [0.1, 0.15) is 16.9 Å². The molecule has 0 radical (unpaired) electrons. The number of hydrogen-bond donors (Lipinski definition) is 2. The van der Waals surface area contributed by atoms with Gasteiger partial charge >= 0.3 is 5.97 Å². The Balaban J connectivity index is 1.30. The summed E-state index contributed by atoms with van der Waals surface area (Å²) in [4.78, 5) is 26.9. The molecule has 182 valence electrons. The van der Waals surface area contributed by atoms with Crippen molar-refractivity contribution in [2.45, 2.75) is 59.5 Å². The van der Waals surface area contributed by atoms with Crippen LogP contribution in [0.1, 0.15) is 82.1 Å². The third-order valence-corrected chi connectivity index (χ3v) is 8.96. The first kappa shape index (κ1) is 23.6. The molecule has 2 heterocycles. The summed E-state index contributed by atoms with van der Waals surface area (Å²) in [6.07, 6.45) is 4.00. The largest absolute Gasteiger partial charge is 0.423 e. The number of carbonyl (C=O) groups excluding carboxylic acids is 2. The molecule has 2 aliphatic rings. The van der Waals surface area contributed by atoms with Gasteiger partial charge < -0.3 is 15.4 Å². The molecular formula is C29H32N2O3S. The Morgan fingerprint density at radius 1 is 1.09 bits per heavy atom. The zero-order chi connectivity index (χ0) is 24.7. The molecule has 0 fully saturated rings. The fraction of sp³-hybridized carbons (Fsp3) is 0.379. The maximum Gasteiger partial charge on any atom is 0.343 e. The lowest BCUT2D eigenvalue weighted by Gasteiger charge is -2.36. The molecule has 6 heteroatoms. The number of rotatable bonds is 5. The van der Waals surface area contributed by atoms with Gasteiger partial charge in [-0.15, -0.1) is 11.3 Å². The fourth-order valence-electron chi connectivity index (χ4n) is 5.00. The lowest BCUT2D eigenvalue weighted by Crippen LogP contribution is -2.38. The van der Waals surface area contributed by atoms with Gasteiger partial charge in [-0.3, -0.25) is 4.79 Å². The highest BCUT2D eigenvalue weighted by Crippen LogP contribution is 2.47. The van der Waals surface area contributed by atoms with Gasteiger partial charge in [0, 0.05) is 4.88 Å². The summed E-state index contributed by atoms with van der Waals surface area (Å²) < 4.78 is 5.52. The van der Waals surface area contributed by atoms with E-state index in [1.54, 1.807) is 35.6 Å². The van der Waals surface area contributed by atoms with E-state index in [2.05, 4.69) is 31.4 Å². The quantitative estimate of drug-likeness (QED) is 0.311. The summed E-state index contributed by atoms with van der Waals surface area (Å²) >= 11 is 1.74. The SMILES string of the molecule is CCC(C)(C)[C@@H]1CCc2c(sc3c2C(=O)N[C@H](c2ccc(OC(=O)c4ccc(C)cc4)cc2)N3)C1. The molecule has 5 nitrogen and oxygen atoms in total. The van der Waals surface area contributed by atoms with Crippen LogP contribution in [0.4, 0.5) is 5.00 Å². The maximum atomic E-state index is 13.1. The van der Waals surface area contributed by atoms with Crippen LogP contribution >= 0.6 is 11.3 Å². The molecule has 0 saturated heterocycles. The lowest BCUT2D eigenvalue weighted by molar-refractivity contribution is 0.0734. The van der Waals surface area contributed by atoms with E-state index in [0.29, 0.717) is 22.6 Å². The van der Waals surface area contributed by atoms with E-state index in [4.69, 9.17) is 4.74 Å².